The third-order valence-corrected chi connectivity index (χ3v) is 3.35. The van der Waals surface area contributed by atoms with Crippen molar-refractivity contribution < 1.29 is 14.3 Å². The van der Waals surface area contributed by atoms with Crippen LogP contribution in [0.1, 0.15) is 18.1 Å². The molecule has 0 heterocycles. The van der Waals surface area contributed by atoms with Gasteiger partial charge in [0, 0.05) is 0 Å². The number of aliphatic carboxylic acids is 1. The summed E-state index contributed by atoms with van der Waals surface area (Å²) < 4.78 is 13.0. The van der Waals surface area contributed by atoms with Gasteiger partial charge in [0.25, 0.3) is 0 Å². The highest BCUT2D eigenvalue weighted by atomic mass is 19.1. The second-order valence-corrected chi connectivity index (χ2v) is 4.81. The molecule has 3 heteroatoms. The van der Waals surface area contributed by atoms with Gasteiger partial charge in [0.05, 0.1) is 5.41 Å². The Morgan fingerprint density at radius 2 is 1.68 bits per heavy atom. The molecule has 0 spiro atoms. The maximum absolute atomic E-state index is 13.0. The predicted octanol–water partition coefficient (Wildman–Crippen LogP) is 3.41. The molecule has 0 aliphatic carbocycles. The minimum absolute atomic E-state index is 0.365. The highest BCUT2D eigenvalue weighted by Crippen LogP contribution is 2.28. The Morgan fingerprint density at radius 1 is 1.11 bits per heavy atom. The molecule has 0 amide bonds. The maximum Gasteiger partial charge on any atom is 0.314 e. The summed E-state index contributed by atoms with van der Waals surface area (Å²) in [7, 11) is 0. The Balaban J connectivity index is 2.38. The summed E-state index contributed by atoms with van der Waals surface area (Å²) in [6, 6.07) is 15.1. The van der Waals surface area contributed by atoms with Crippen molar-refractivity contribution in [2.45, 2.75) is 18.8 Å². The lowest BCUT2D eigenvalue weighted by molar-refractivity contribution is -0.143. The number of carboxylic acids is 1. The van der Waals surface area contributed by atoms with Gasteiger partial charge in [-0.3, -0.25) is 4.79 Å². The van der Waals surface area contributed by atoms with Crippen LogP contribution in [-0.4, -0.2) is 11.1 Å². The summed E-state index contributed by atoms with van der Waals surface area (Å²) in [6.07, 6.45) is 0.370. The number of carbonyl (C=O) groups is 1. The van der Waals surface area contributed by atoms with Crippen LogP contribution in [0, 0.1) is 5.82 Å². The van der Waals surface area contributed by atoms with E-state index in [-0.39, 0.29) is 5.82 Å². The summed E-state index contributed by atoms with van der Waals surface area (Å²) in [5.41, 5.74) is 0.483. The van der Waals surface area contributed by atoms with Gasteiger partial charge < -0.3 is 5.11 Å². The summed E-state index contributed by atoms with van der Waals surface area (Å²) in [5, 5.41) is 9.52. The molecule has 2 aromatic carbocycles. The zero-order valence-corrected chi connectivity index (χ0v) is 10.6. The molecule has 0 radical (unpaired) electrons. The van der Waals surface area contributed by atoms with E-state index in [2.05, 4.69) is 0 Å². The van der Waals surface area contributed by atoms with Crippen molar-refractivity contribution in [3.8, 4) is 0 Å². The average molecular weight is 258 g/mol. The monoisotopic (exact) mass is 258 g/mol. The topological polar surface area (TPSA) is 37.3 Å². The van der Waals surface area contributed by atoms with Crippen molar-refractivity contribution in [1.82, 2.24) is 0 Å². The minimum Gasteiger partial charge on any atom is -0.481 e. The van der Waals surface area contributed by atoms with Crippen molar-refractivity contribution in [3.05, 3.63) is 71.5 Å². The highest BCUT2D eigenvalue weighted by Gasteiger charge is 2.35. The van der Waals surface area contributed by atoms with Crippen molar-refractivity contribution >= 4 is 5.97 Å². The summed E-state index contributed by atoms with van der Waals surface area (Å²) in [4.78, 5) is 11.6. The first-order valence-electron chi connectivity index (χ1n) is 6.06. The lowest BCUT2D eigenvalue weighted by Crippen LogP contribution is -2.34. The number of hydrogen-bond acceptors (Lipinski definition) is 1. The van der Waals surface area contributed by atoms with Crippen molar-refractivity contribution in [2.75, 3.05) is 0 Å². The number of hydrogen-bond donors (Lipinski definition) is 1. The van der Waals surface area contributed by atoms with E-state index in [0.29, 0.717) is 12.0 Å². The molecule has 0 saturated heterocycles. The highest BCUT2D eigenvalue weighted by molar-refractivity contribution is 5.81. The molecule has 19 heavy (non-hydrogen) atoms. The van der Waals surface area contributed by atoms with Gasteiger partial charge in [0.15, 0.2) is 0 Å². The fourth-order valence-electron chi connectivity index (χ4n) is 2.12. The molecule has 2 rings (SSSR count). The van der Waals surface area contributed by atoms with Gasteiger partial charge in [-0.2, -0.15) is 0 Å². The normalized spacial score (nSPS) is 13.8. The Morgan fingerprint density at radius 3 is 2.21 bits per heavy atom. The molecule has 0 aliphatic heterocycles. The molecule has 1 N–H and O–H groups in total. The number of carboxylic acid groups (broad SMARTS) is 1. The SMILES string of the molecule is CC(Cc1ccccc1)(C(=O)O)c1ccc(F)cc1. The van der Waals surface area contributed by atoms with Crippen LogP contribution < -0.4 is 0 Å². The predicted molar refractivity (Wildman–Crippen MR) is 71.5 cm³/mol. The van der Waals surface area contributed by atoms with E-state index in [0.717, 1.165) is 5.56 Å². The minimum atomic E-state index is -1.06. The van der Waals surface area contributed by atoms with Crippen molar-refractivity contribution in [3.63, 3.8) is 0 Å². The van der Waals surface area contributed by atoms with Gasteiger partial charge in [0.1, 0.15) is 5.82 Å². The molecular formula is C16H15FO2. The van der Waals surface area contributed by atoms with Gasteiger partial charge in [-0.15, -0.1) is 0 Å². The standard InChI is InChI=1S/C16H15FO2/c1-16(15(18)19,11-12-5-3-2-4-6-12)13-7-9-14(17)10-8-13/h2-10H,11H2,1H3,(H,18,19). The number of halogens is 1. The third-order valence-electron chi connectivity index (χ3n) is 3.35. The molecule has 0 saturated carbocycles. The second-order valence-electron chi connectivity index (χ2n) is 4.81. The Bertz CT molecular complexity index is 563. The fraction of sp³-hybridized carbons (Fsp3) is 0.188. The Hall–Kier alpha value is -2.16. The van der Waals surface area contributed by atoms with Crippen LogP contribution in [0.4, 0.5) is 4.39 Å². The number of benzene rings is 2. The Kier molecular flexibility index (Phi) is 3.65. The average Bonchev–Trinajstić information content (AvgIpc) is 2.40. The summed E-state index contributed by atoms with van der Waals surface area (Å²) in [6.45, 7) is 1.66. The van der Waals surface area contributed by atoms with Crippen LogP contribution in [0.25, 0.3) is 0 Å². The Labute approximate surface area is 111 Å². The van der Waals surface area contributed by atoms with Gasteiger partial charge >= 0.3 is 5.97 Å². The van der Waals surface area contributed by atoms with Crippen LogP contribution in [0.5, 0.6) is 0 Å². The molecule has 1 unspecified atom stereocenters. The van der Waals surface area contributed by atoms with E-state index in [1.54, 1.807) is 6.92 Å². The van der Waals surface area contributed by atoms with Gasteiger partial charge in [0.2, 0.25) is 0 Å². The van der Waals surface area contributed by atoms with Crippen LogP contribution in [0.3, 0.4) is 0 Å². The smallest absolute Gasteiger partial charge is 0.314 e. The van der Waals surface area contributed by atoms with Crippen molar-refractivity contribution in [2.24, 2.45) is 0 Å². The van der Waals surface area contributed by atoms with E-state index in [1.165, 1.54) is 24.3 Å². The summed E-state index contributed by atoms with van der Waals surface area (Å²) in [5.74, 6) is -1.28. The van der Waals surface area contributed by atoms with E-state index in [4.69, 9.17) is 0 Å². The largest absolute Gasteiger partial charge is 0.481 e. The zero-order valence-electron chi connectivity index (χ0n) is 10.6. The molecule has 0 aromatic heterocycles. The molecule has 2 aromatic rings. The second kappa shape index (κ2) is 5.22. The van der Waals surface area contributed by atoms with Gasteiger partial charge in [-0.25, -0.2) is 4.39 Å². The van der Waals surface area contributed by atoms with E-state index >= 15 is 0 Å². The quantitative estimate of drug-likeness (QED) is 0.912. The van der Waals surface area contributed by atoms with Crippen LogP contribution >= 0.6 is 0 Å². The van der Waals surface area contributed by atoms with Crippen molar-refractivity contribution in [1.29, 1.82) is 0 Å². The molecule has 98 valence electrons. The van der Waals surface area contributed by atoms with E-state index < -0.39 is 11.4 Å². The zero-order chi connectivity index (χ0) is 13.9. The fourth-order valence-corrected chi connectivity index (χ4v) is 2.12. The lowest BCUT2D eigenvalue weighted by Gasteiger charge is -2.25. The number of rotatable bonds is 4. The van der Waals surface area contributed by atoms with Gasteiger partial charge in [-0.05, 0) is 36.6 Å². The van der Waals surface area contributed by atoms with Crippen LogP contribution in [0.15, 0.2) is 54.6 Å². The molecule has 1 atom stereocenters. The maximum atomic E-state index is 13.0. The molecule has 0 aliphatic rings. The van der Waals surface area contributed by atoms with Crippen LogP contribution in [-0.2, 0) is 16.6 Å². The molecular weight excluding hydrogens is 243 g/mol. The first-order chi connectivity index (χ1) is 9.02. The third kappa shape index (κ3) is 2.81. The first-order valence-corrected chi connectivity index (χ1v) is 6.06. The molecule has 0 fully saturated rings. The molecule has 0 bridgehead atoms. The van der Waals surface area contributed by atoms with E-state index in [1.807, 2.05) is 30.3 Å². The first kappa shape index (κ1) is 13.3. The lowest BCUT2D eigenvalue weighted by atomic mass is 9.77. The summed E-state index contributed by atoms with van der Waals surface area (Å²) >= 11 is 0. The van der Waals surface area contributed by atoms with Gasteiger partial charge in [-0.1, -0.05) is 42.5 Å². The van der Waals surface area contributed by atoms with Crippen LogP contribution in [0.2, 0.25) is 0 Å². The van der Waals surface area contributed by atoms with E-state index in [9.17, 15) is 14.3 Å². The molecule has 2 nitrogen and oxygen atoms in total.